The summed E-state index contributed by atoms with van der Waals surface area (Å²) >= 11 is 0. The van der Waals surface area contributed by atoms with E-state index in [9.17, 15) is 0 Å². The van der Waals surface area contributed by atoms with Gasteiger partial charge in [-0.15, -0.1) is 0 Å². The average molecular weight is 821 g/mol. The van der Waals surface area contributed by atoms with Gasteiger partial charge in [0.25, 0.3) is 0 Å². The van der Waals surface area contributed by atoms with Crippen molar-refractivity contribution < 1.29 is 0 Å². The van der Waals surface area contributed by atoms with Gasteiger partial charge in [0, 0.05) is 33.4 Å². The number of hydrogen-bond donors (Lipinski definition) is 0. The number of aromatic nitrogens is 6. The van der Waals surface area contributed by atoms with Crippen molar-refractivity contribution in [2.45, 2.75) is 13.8 Å². The van der Waals surface area contributed by atoms with Gasteiger partial charge in [0.2, 0.25) is 0 Å². The van der Waals surface area contributed by atoms with Crippen LogP contribution < -0.4 is 0 Å². The maximum atomic E-state index is 4.97. The van der Waals surface area contributed by atoms with Crippen molar-refractivity contribution in [2.24, 2.45) is 0 Å². The lowest BCUT2D eigenvalue weighted by Gasteiger charge is -2.13. The topological polar surface area (TPSA) is 77.3 Å². The quantitative estimate of drug-likeness (QED) is 0.142. The molecular formula is C58H40N6. The largest absolute Gasteiger partial charge is 0.208 e. The van der Waals surface area contributed by atoms with Gasteiger partial charge in [0.1, 0.15) is 0 Å². The smallest absolute Gasteiger partial charge is 0.164 e. The van der Waals surface area contributed by atoms with Crippen molar-refractivity contribution in [1.29, 1.82) is 0 Å². The Kier molecular flexibility index (Phi) is 9.86. The van der Waals surface area contributed by atoms with Crippen LogP contribution in [0.5, 0.6) is 0 Å². The Hall–Kier alpha value is -8.48. The van der Waals surface area contributed by atoms with Crippen molar-refractivity contribution in [2.75, 3.05) is 0 Å². The van der Waals surface area contributed by atoms with Gasteiger partial charge in [-0.2, -0.15) is 0 Å². The van der Waals surface area contributed by atoms with Gasteiger partial charge in [-0.1, -0.05) is 217 Å². The second-order valence-corrected chi connectivity index (χ2v) is 16.1. The van der Waals surface area contributed by atoms with Crippen LogP contribution in [0.4, 0.5) is 0 Å². The molecule has 11 aromatic rings. The van der Waals surface area contributed by atoms with Crippen LogP contribution in [0.3, 0.4) is 0 Å². The molecule has 2 heterocycles. The summed E-state index contributed by atoms with van der Waals surface area (Å²) in [7, 11) is 0. The molecule has 0 aliphatic rings. The van der Waals surface area contributed by atoms with Crippen molar-refractivity contribution in [3.8, 4) is 90.6 Å². The molecule has 0 fully saturated rings. The van der Waals surface area contributed by atoms with Crippen LogP contribution in [0.2, 0.25) is 0 Å². The minimum Gasteiger partial charge on any atom is -0.208 e. The molecule has 0 N–H and O–H groups in total. The third-order valence-corrected chi connectivity index (χ3v) is 11.8. The normalized spacial score (nSPS) is 11.3. The SMILES string of the molecule is Cc1ccc(-c2nc(-c3ccccc3)nc(-c3ccc(-c4cccc5c4ccc4c(-c6ccc(-c7nc(-c8ccccc8)nc(-c8ccc(C)cc8)n7)cc6)cccc45)cc3)n2)cc1. The van der Waals surface area contributed by atoms with Crippen molar-refractivity contribution in [1.82, 2.24) is 29.9 Å². The summed E-state index contributed by atoms with van der Waals surface area (Å²) in [6, 6.07) is 71.6. The van der Waals surface area contributed by atoms with Gasteiger partial charge >= 0.3 is 0 Å². The summed E-state index contributed by atoms with van der Waals surface area (Å²) in [4.78, 5) is 29.6. The Bertz CT molecular complexity index is 3230. The van der Waals surface area contributed by atoms with E-state index in [0.717, 1.165) is 44.5 Å². The standard InChI is InChI=1S/C58H40N6/c1-37-19-23-43(24-20-37)55-59-53(41-11-5-3-6-12-41)61-57(63-55)45-31-27-39(28-32-45)47-15-9-17-49-50-18-10-16-48(52(50)36-35-51(47)49)40-29-33-46(34-30-40)58-62-54(42-13-7-4-8-14-42)60-56(64-58)44-25-21-38(2)22-26-44/h3-36H,1-2H3. The molecule has 64 heavy (non-hydrogen) atoms. The number of hydrogen-bond acceptors (Lipinski definition) is 6. The zero-order valence-corrected chi connectivity index (χ0v) is 35.3. The predicted molar refractivity (Wildman–Crippen MR) is 261 cm³/mol. The molecule has 11 rings (SSSR count). The molecule has 2 aromatic heterocycles. The fourth-order valence-electron chi connectivity index (χ4n) is 8.33. The highest BCUT2D eigenvalue weighted by Gasteiger charge is 2.16. The molecular weight excluding hydrogens is 781 g/mol. The predicted octanol–water partition coefficient (Wildman–Crippen LogP) is 14.3. The molecule has 0 aliphatic heterocycles. The van der Waals surface area contributed by atoms with Gasteiger partial charge in [-0.3, -0.25) is 0 Å². The Balaban J connectivity index is 0.925. The number of aryl methyl sites for hydroxylation is 2. The molecule has 0 atom stereocenters. The van der Waals surface area contributed by atoms with Crippen LogP contribution in [-0.4, -0.2) is 29.9 Å². The molecule has 302 valence electrons. The third-order valence-electron chi connectivity index (χ3n) is 11.8. The van der Waals surface area contributed by atoms with E-state index in [1.54, 1.807) is 0 Å². The molecule has 0 spiro atoms. The third kappa shape index (κ3) is 7.48. The van der Waals surface area contributed by atoms with Gasteiger partial charge in [-0.25, -0.2) is 29.9 Å². The van der Waals surface area contributed by atoms with Gasteiger partial charge in [-0.05, 0) is 57.6 Å². The summed E-state index contributed by atoms with van der Waals surface area (Å²) in [6.45, 7) is 4.16. The lowest BCUT2D eigenvalue weighted by atomic mass is 9.91. The number of nitrogens with zero attached hydrogens (tertiary/aromatic N) is 6. The Morgan fingerprint density at radius 2 is 0.469 bits per heavy atom. The summed E-state index contributed by atoms with van der Waals surface area (Å²) in [5.74, 6) is 3.87. The molecule has 0 amide bonds. The number of fused-ring (bicyclic) bond motifs is 3. The molecule has 0 unspecified atom stereocenters. The maximum Gasteiger partial charge on any atom is 0.164 e. The maximum absolute atomic E-state index is 4.97. The van der Waals surface area contributed by atoms with Crippen LogP contribution >= 0.6 is 0 Å². The molecule has 0 radical (unpaired) electrons. The van der Waals surface area contributed by atoms with Gasteiger partial charge in [0.05, 0.1) is 0 Å². The molecule has 9 aromatic carbocycles. The molecule has 0 saturated carbocycles. The summed E-state index contributed by atoms with van der Waals surface area (Å²) in [6.07, 6.45) is 0. The summed E-state index contributed by atoms with van der Waals surface area (Å²) in [5.41, 5.74) is 12.6. The number of rotatable bonds is 8. The van der Waals surface area contributed by atoms with Gasteiger partial charge in [0.15, 0.2) is 34.9 Å². The monoisotopic (exact) mass is 820 g/mol. The van der Waals surface area contributed by atoms with E-state index in [0.29, 0.717) is 34.9 Å². The first-order chi connectivity index (χ1) is 31.5. The molecule has 6 heteroatoms. The van der Waals surface area contributed by atoms with Crippen LogP contribution in [0.25, 0.3) is 112 Å². The van der Waals surface area contributed by atoms with Crippen molar-refractivity contribution in [3.63, 3.8) is 0 Å². The first-order valence-electron chi connectivity index (χ1n) is 21.4. The minimum absolute atomic E-state index is 0.637. The lowest BCUT2D eigenvalue weighted by molar-refractivity contribution is 1.07. The van der Waals surface area contributed by atoms with Crippen LogP contribution in [-0.2, 0) is 0 Å². The fraction of sp³-hybridized carbons (Fsp3) is 0.0345. The molecule has 6 nitrogen and oxygen atoms in total. The van der Waals surface area contributed by atoms with E-state index in [4.69, 9.17) is 29.9 Å². The van der Waals surface area contributed by atoms with Crippen molar-refractivity contribution in [3.05, 3.63) is 217 Å². The highest BCUT2D eigenvalue weighted by Crippen LogP contribution is 2.38. The van der Waals surface area contributed by atoms with Crippen molar-refractivity contribution >= 4 is 21.5 Å². The van der Waals surface area contributed by atoms with E-state index >= 15 is 0 Å². The zero-order valence-electron chi connectivity index (χ0n) is 35.3. The van der Waals surface area contributed by atoms with E-state index in [2.05, 4.69) is 159 Å². The highest BCUT2D eigenvalue weighted by molar-refractivity contribution is 6.15. The molecule has 0 aliphatic carbocycles. The Morgan fingerprint density at radius 3 is 0.781 bits per heavy atom. The second kappa shape index (κ2) is 16.4. The Morgan fingerprint density at radius 1 is 0.203 bits per heavy atom. The van der Waals surface area contributed by atoms with E-state index in [1.807, 2.05) is 60.7 Å². The van der Waals surface area contributed by atoms with Crippen LogP contribution in [0.1, 0.15) is 11.1 Å². The van der Waals surface area contributed by atoms with Crippen LogP contribution in [0.15, 0.2) is 206 Å². The fourth-order valence-corrected chi connectivity index (χ4v) is 8.33. The summed E-state index contributed by atoms with van der Waals surface area (Å²) in [5, 5.41) is 4.79. The molecule has 0 saturated heterocycles. The first-order valence-corrected chi connectivity index (χ1v) is 21.4. The second-order valence-electron chi connectivity index (χ2n) is 16.1. The molecule has 0 bridgehead atoms. The van der Waals surface area contributed by atoms with Crippen LogP contribution in [0, 0.1) is 13.8 Å². The lowest BCUT2D eigenvalue weighted by Crippen LogP contribution is -2.00. The Labute approximate surface area is 371 Å². The van der Waals surface area contributed by atoms with E-state index in [-0.39, 0.29) is 0 Å². The van der Waals surface area contributed by atoms with Gasteiger partial charge < -0.3 is 0 Å². The highest BCUT2D eigenvalue weighted by atomic mass is 15.0. The minimum atomic E-state index is 0.637. The average Bonchev–Trinajstić information content (AvgIpc) is 3.36. The first kappa shape index (κ1) is 38.4. The number of benzene rings is 9. The van der Waals surface area contributed by atoms with E-state index in [1.165, 1.54) is 43.8 Å². The zero-order chi connectivity index (χ0) is 43.0. The van der Waals surface area contributed by atoms with E-state index < -0.39 is 0 Å². The summed E-state index contributed by atoms with van der Waals surface area (Å²) < 4.78 is 0.